The summed E-state index contributed by atoms with van der Waals surface area (Å²) in [5, 5.41) is 8.96. The van der Waals surface area contributed by atoms with Gasteiger partial charge in [0.1, 0.15) is 0 Å². The van der Waals surface area contributed by atoms with Crippen molar-refractivity contribution in [3.05, 3.63) is 48.0 Å². The second-order valence-electron chi connectivity index (χ2n) is 3.88. The van der Waals surface area contributed by atoms with Crippen molar-refractivity contribution < 1.29 is 5.11 Å². The molecule has 0 aliphatic heterocycles. The molecule has 5 nitrogen and oxygen atoms in total. The summed E-state index contributed by atoms with van der Waals surface area (Å²) in [5.41, 5.74) is 1.70. The highest BCUT2D eigenvalue weighted by atomic mass is 16.3. The molecule has 2 rings (SSSR count). The average Bonchev–Trinajstić information content (AvgIpc) is 2.46. The minimum Gasteiger partial charge on any atom is -0.392 e. The fourth-order valence-electron chi connectivity index (χ4n) is 1.60. The summed E-state index contributed by atoms with van der Waals surface area (Å²) >= 11 is 0. The molecule has 2 aromatic rings. The van der Waals surface area contributed by atoms with Crippen molar-refractivity contribution >= 4 is 5.95 Å². The van der Waals surface area contributed by atoms with Crippen molar-refractivity contribution in [1.29, 1.82) is 0 Å². The van der Waals surface area contributed by atoms with E-state index in [2.05, 4.69) is 15.0 Å². The lowest BCUT2D eigenvalue weighted by Crippen LogP contribution is -2.24. The van der Waals surface area contributed by atoms with Gasteiger partial charge in [-0.05, 0) is 19.1 Å². The van der Waals surface area contributed by atoms with Gasteiger partial charge >= 0.3 is 0 Å². The van der Waals surface area contributed by atoms with Crippen molar-refractivity contribution in [1.82, 2.24) is 15.0 Å². The second-order valence-corrected chi connectivity index (χ2v) is 3.88. The molecule has 5 heteroatoms. The summed E-state index contributed by atoms with van der Waals surface area (Å²) < 4.78 is 0. The summed E-state index contributed by atoms with van der Waals surface area (Å²) in [7, 11) is 0. The highest BCUT2D eigenvalue weighted by Crippen LogP contribution is 2.10. The highest BCUT2D eigenvalue weighted by Gasteiger charge is 2.08. The summed E-state index contributed by atoms with van der Waals surface area (Å²) in [4.78, 5) is 14.8. The van der Waals surface area contributed by atoms with Crippen LogP contribution in [0.2, 0.25) is 0 Å². The third-order valence-corrected chi connectivity index (χ3v) is 2.62. The molecule has 1 N–H and O–H groups in total. The van der Waals surface area contributed by atoms with Crippen molar-refractivity contribution in [2.75, 3.05) is 11.4 Å². The third-order valence-electron chi connectivity index (χ3n) is 2.62. The number of aliphatic hydroxyl groups is 1. The first-order valence-electron chi connectivity index (χ1n) is 5.90. The second kappa shape index (κ2) is 6.07. The number of anilines is 1. The SMILES string of the molecule is CCN(Cc1ccccn1)c1ncc(CO)cn1. The van der Waals surface area contributed by atoms with Crippen LogP contribution in [0.4, 0.5) is 5.95 Å². The van der Waals surface area contributed by atoms with Crippen LogP contribution in [0.3, 0.4) is 0 Å². The van der Waals surface area contributed by atoms with E-state index in [9.17, 15) is 0 Å². The molecule has 0 saturated heterocycles. The van der Waals surface area contributed by atoms with E-state index >= 15 is 0 Å². The van der Waals surface area contributed by atoms with Crippen LogP contribution in [-0.2, 0) is 13.2 Å². The number of hydrogen-bond donors (Lipinski definition) is 1. The van der Waals surface area contributed by atoms with Crippen LogP contribution < -0.4 is 4.90 Å². The van der Waals surface area contributed by atoms with Crippen molar-refractivity contribution in [3.8, 4) is 0 Å². The Morgan fingerprint density at radius 2 is 1.94 bits per heavy atom. The summed E-state index contributed by atoms with van der Waals surface area (Å²) in [6.45, 7) is 3.49. The van der Waals surface area contributed by atoms with E-state index in [1.807, 2.05) is 30.0 Å². The quantitative estimate of drug-likeness (QED) is 0.861. The van der Waals surface area contributed by atoms with Gasteiger partial charge in [-0.2, -0.15) is 0 Å². The van der Waals surface area contributed by atoms with Gasteiger partial charge in [-0.1, -0.05) is 6.07 Å². The minimum atomic E-state index is -0.0351. The van der Waals surface area contributed by atoms with E-state index in [0.717, 1.165) is 12.2 Å². The van der Waals surface area contributed by atoms with Crippen LogP contribution in [-0.4, -0.2) is 26.6 Å². The lowest BCUT2D eigenvalue weighted by molar-refractivity contribution is 0.281. The van der Waals surface area contributed by atoms with Gasteiger partial charge in [0, 0.05) is 30.7 Å². The van der Waals surface area contributed by atoms with Gasteiger partial charge in [0.15, 0.2) is 0 Å². The normalized spacial score (nSPS) is 10.3. The van der Waals surface area contributed by atoms with Crippen molar-refractivity contribution in [3.63, 3.8) is 0 Å². The van der Waals surface area contributed by atoms with Crippen LogP contribution in [0, 0.1) is 0 Å². The number of nitrogens with zero attached hydrogens (tertiary/aromatic N) is 4. The zero-order valence-corrected chi connectivity index (χ0v) is 10.3. The molecule has 18 heavy (non-hydrogen) atoms. The van der Waals surface area contributed by atoms with Crippen LogP contribution in [0.25, 0.3) is 0 Å². The molecule has 0 spiro atoms. The van der Waals surface area contributed by atoms with Gasteiger partial charge in [0.25, 0.3) is 0 Å². The molecule has 2 heterocycles. The molecule has 0 aliphatic rings. The topological polar surface area (TPSA) is 62.1 Å². The Labute approximate surface area is 106 Å². The molecule has 0 bridgehead atoms. The maximum Gasteiger partial charge on any atom is 0.225 e. The van der Waals surface area contributed by atoms with E-state index in [1.54, 1.807) is 18.6 Å². The average molecular weight is 244 g/mol. The van der Waals surface area contributed by atoms with Crippen molar-refractivity contribution in [2.45, 2.75) is 20.1 Å². The Morgan fingerprint density at radius 1 is 1.17 bits per heavy atom. The summed E-state index contributed by atoms with van der Waals surface area (Å²) in [6.07, 6.45) is 5.06. The Hall–Kier alpha value is -2.01. The smallest absolute Gasteiger partial charge is 0.225 e. The van der Waals surface area contributed by atoms with Gasteiger partial charge in [-0.3, -0.25) is 4.98 Å². The molecule has 0 aromatic carbocycles. The monoisotopic (exact) mass is 244 g/mol. The van der Waals surface area contributed by atoms with E-state index in [0.29, 0.717) is 18.1 Å². The standard InChI is InChI=1S/C13H16N4O/c1-2-17(9-12-5-3-4-6-14-12)13-15-7-11(10-18)8-16-13/h3-8,18H,2,9-10H2,1H3. The van der Waals surface area contributed by atoms with Crippen LogP contribution in [0.5, 0.6) is 0 Å². The zero-order valence-electron chi connectivity index (χ0n) is 10.3. The largest absolute Gasteiger partial charge is 0.392 e. The van der Waals surface area contributed by atoms with Crippen molar-refractivity contribution in [2.24, 2.45) is 0 Å². The highest BCUT2D eigenvalue weighted by molar-refractivity contribution is 5.30. The summed E-state index contributed by atoms with van der Waals surface area (Å²) in [6, 6.07) is 5.84. The minimum absolute atomic E-state index is 0.0351. The predicted molar refractivity (Wildman–Crippen MR) is 68.9 cm³/mol. The molecule has 0 unspecified atom stereocenters. The molecule has 0 saturated carbocycles. The molecule has 0 amide bonds. The zero-order chi connectivity index (χ0) is 12.8. The number of hydrogen-bond acceptors (Lipinski definition) is 5. The predicted octanol–water partition coefficient (Wildman–Crippen LogP) is 1.39. The van der Waals surface area contributed by atoms with Crippen LogP contribution >= 0.6 is 0 Å². The van der Waals surface area contributed by atoms with E-state index in [1.165, 1.54) is 0 Å². The molecular weight excluding hydrogens is 228 g/mol. The molecule has 94 valence electrons. The third kappa shape index (κ3) is 3.01. The number of pyridine rings is 1. The Kier molecular flexibility index (Phi) is 4.20. The molecule has 0 atom stereocenters. The summed E-state index contributed by atoms with van der Waals surface area (Å²) in [5.74, 6) is 0.653. The Bertz CT molecular complexity index is 472. The van der Waals surface area contributed by atoms with Gasteiger partial charge < -0.3 is 10.0 Å². The number of rotatable bonds is 5. The van der Waals surface area contributed by atoms with Gasteiger partial charge in [0.05, 0.1) is 18.8 Å². The fourth-order valence-corrected chi connectivity index (χ4v) is 1.60. The first-order valence-corrected chi connectivity index (χ1v) is 5.90. The maximum absolute atomic E-state index is 8.96. The molecule has 0 radical (unpaired) electrons. The molecule has 2 aromatic heterocycles. The number of aliphatic hydroxyl groups excluding tert-OH is 1. The Morgan fingerprint density at radius 3 is 2.50 bits per heavy atom. The van der Waals surface area contributed by atoms with Gasteiger partial charge in [-0.25, -0.2) is 9.97 Å². The lowest BCUT2D eigenvalue weighted by Gasteiger charge is -2.20. The molecular formula is C13H16N4O. The van der Waals surface area contributed by atoms with E-state index in [-0.39, 0.29) is 6.61 Å². The molecule has 0 fully saturated rings. The lowest BCUT2D eigenvalue weighted by atomic mass is 10.3. The molecule has 0 aliphatic carbocycles. The number of aromatic nitrogens is 3. The Balaban J connectivity index is 2.12. The fraction of sp³-hybridized carbons (Fsp3) is 0.308. The van der Waals surface area contributed by atoms with Gasteiger partial charge in [-0.15, -0.1) is 0 Å². The van der Waals surface area contributed by atoms with E-state index in [4.69, 9.17) is 5.11 Å². The van der Waals surface area contributed by atoms with Gasteiger partial charge in [0.2, 0.25) is 5.95 Å². The maximum atomic E-state index is 8.96. The first kappa shape index (κ1) is 12.4. The van der Waals surface area contributed by atoms with Crippen LogP contribution in [0.15, 0.2) is 36.8 Å². The van der Waals surface area contributed by atoms with E-state index < -0.39 is 0 Å². The first-order chi connectivity index (χ1) is 8.83. The van der Waals surface area contributed by atoms with Crippen LogP contribution in [0.1, 0.15) is 18.2 Å².